The highest BCUT2D eigenvalue weighted by Crippen LogP contribution is 2.04. The third kappa shape index (κ3) is 4.67. The maximum absolute atomic E-state index is 12.1. The zero-order valence-corrected chi connectivity index (χ0v) is 11.3. The predicted molar refractivity (Wildman–Crippen MR) is 72.4 cm³/mol. The molecular weight excluding hydrogens is 244 g/mol. The van der Waals surface area contributed by atoms with Gasteiger partial charge in [0.25, 0.3) is 5.91 Å². The van der Waals surface area contributed by atoms with Gasteiger partial charge < -0.3 is 16.0 Å². The van der Waals surface area contributed by atoms with E-state index in [-0.39, 0.29) is 24.9 Å². The Morgan fingerprint density at radius 3 is 2.84 bits per heavy atom. The van der Waals surface area contributed by atoms with E-state index < -0.39 is 0 Å². The number of nitrogens with one attached hydrogen (secondary N) is 1. The van der Waals surface area contributed by atoms with Gasteiger partial charge in [0, 0.05) is 31.9 Å². The lowest BCUT2D eigenvalue weighted by Gasteiger charge is -2.17. The standard InChI is InChI=1S/C13H20N4O2/c1-3-5-16-12(18)9-17(2)13(19)10-4-6-15-11(7-10)8-14/h4,6-7H,3,5,8-9,14H2,1-2H3,(H,16,18). The molecule has 1 rings (SSSR count). The van der Waals surface area contributed by atoms with Crippen LogP contribution in [0.4, 0.5) is 0 Å². The SMILES string of the molecule is CCCNC(=O)CN(C)C(=O)c1ccnc(CN)c1. The van der Waals surface area contributed by atoms with Crippen molar-refractivity contribution in [1.29, 1.82) is 0 Å². The number of aromatic nitrogens is 1. The van der Waals surface area contributed by atoms with Crippen LogP contribution >= 0.6 is 0 Å². The van der Waals surface area contributed by atoms with E-state index in [4.69, 9.17) is 5.73 Å². The molecule has 0 fully saturated rings. The van der Waals surface area contributed by atoms with Crippen LogP contribution in [0.5, 0.6) is 0 Å². The van der Waals surface area contributed by atoms with Crippen molar-refractivity contribution in [3.63, 3.8) is 0 Å². The van der Waals surface area contributed by atoms with E-state index in [1.165, 1.54) is 4.90 Å². The number of carbonyl (C=O) groups excluding carboxylic acids is 2. The number of hydrogen-bond acceptors (Lipinski definition) is 4. The van der Waals surface area contributed by atoms with E-state index in [0.717, 1.165) is 6.42 Å². The van der Waals surface area contributed by atoms with Gasteiger partial charge in [-0.2, -0.15) is 0 Å². The number of nitrogens with two attached hydrogens (primary N) is 1. The van der Waals surface area contributed by atoms with Crippen LogP contribution in [0.25, 0.3) is 0 Å². The molecule has 104 valence electrons. The average Bonchev–Trinajstić information content (AvgIpc) is 2.44. The van der Waals surface area contributed by atoms with Crippen LogP contribution < -0.4 is 11.1 Å². The number of nitrogens with zero attached hydrogens (tertiary/aromatic N) is 2. The lowest BCUT2D eigenvalue weighted by molar-refractivity contribution is -0.121. The maximum Gasteiger partial charge on any atom is 0.254 e. The highest BCUT2D eigenvalue weighted by Gasteiger charge is 2.15. The maximum atomic E-state index is 12.1. The molecule has 0 aromatic carbocycles. The Hall–Kier alpha value is -1.95. The van der Waals surface area contributed by atoms with Crippen molar-refractivity contribution in [3.05, 3.63) is 29.6 Å². The number of hydrogen-bond donors (Lipinski definition) is 2. The zero-order valence-electron chi connectivity index (χ0n) is 11.3. The van der Waals surface area contributed by atoms with Crippen LogP contribution in [0.3, 0.4) is 0 Å². The molecule has 1 aromatic rings. The first kappa shape index (κ1) is 15.1. The number of carbonyl (C=O) groups is 2. The summed E-state index contributed by atoms with van der Waals surface area (Å²) in [6, 6.07) is 3.25. The van der Waals surface area contributed by atoms with E-state index in [1.54, 1.807) is 25.4 Å². The topological polar surface area (TPSA) is 88.3 Å². The fourth-order valence-corrected chi connectivity index (χ4v) is 1.55. The Morgan fingerprint density at radius 2 is 2.21 bits per heavy atom. The molecule has 0 unspecified atom stereocenters. The molecule has 0 bridgehead atoms. The van der Waals surface area contributed by atoms with Crippen molar-refractivity contribution < 1.29 is 9.59 Å². The largest absolute Gasteiger partial charge is 0.355 e. The minimum atomic E-state index is -0.219. The number of rotatable bonds is 6. The van der Waals surface area contributed by atoms with E-state index in [2.05, 4.69) is 10.3 Å². The van der Waals surface area contributed by atoms with Crippen LogP contribution in [0.15, 0.2) is 18.3 Å². The van der Waals surface area contributed by atoms with Crippen LogP contribution in [-0.2, 0) is 11.3 Å². The third-order valence-corrected chi connectivity index (χ3v) is 2.57. The smallest absolute Gasteiger partial charge is 0.254 e. The van der Waals surface area contributed by atoms with E-state index in [0.29, 0.717) is 17.8 Å². The summed E-state index contributed by atoms with van der Waals surface area (Å²) in [7, 11) is 1.59. The first-order valence-electron chi connectivity index (χ1n) is 6.25. The van der Waals surface area contributed by atoms with Gasteiger partial charge in [-0.05, 0) is 18.6 Å². The summed E-state index contributed by atoms with van der Waals surface area (Å²) in [5.41, 5.74) is 6.61. The predicted octanol–water partition coefficient (Wildman–Crippen LogP) is 0.139. The van der Waals surface area contributed by atoms with Gasteiger partial charge in [-0.3, -0.25) is 14.6 Å². The molecule has 0 atom stereocenters. The van der Waals surface area contributed by atoms with Gasteiger partial charge >= 0.3 is 0 Å². The molecule has 0 radical (unpaired) electrons. The van der Waals surface area contributed by atoms with E-state index in [9.17, 15) is 9.59 Å². The second kappa shape index (κ2) is 7.48. The van der Waals surface area contributed by atoms with Gasteiger partial charge in [-0.1, -0.05) is 6.92 Å². The van der Waals surface area contributed by atoms with Crippen molar-refractivity contribution in [2.24, 2.45) is 5.73 Å². The van der Waals surface area contributed by atoms with Gasteiger partial charge in [0.1, 0.15) is 0 Å². The quantitative estimate of drug-likeness (QED) is 0.765. The Bertz CT molecular complexity index is 448. The summed E-state index contributed by atoms with van der Waals surface area (Å²) in [6.07, 6.45) is 2.41. The fourth-order valence-electron chi connectivity index (χ4n) is 1.55. The first-order chi connectivity index (χ1) is 9.08. The molecule has 1 heterocycles. The Balaban J connectivity index is 2.63. The molecule has 0 aliphatic heterocycles. The highest BCUT2D eigenvalue weighted by molar-refractivity contribution is 5.96. The molecule has 2 amide bonds. The van der Waals surface area contributed by atoms with Crippen LogP contribution in [-0.4, -0.2) is 41.8 Å². The molecular formula is C13H20N4O2. The Morgan fingerprint density at radius 1 is 1.47 bits per heavy atom. The van der Waals surface area contributed by atoms with Gasteiger partial charge in [-0.25, -0.2) is 0 Å². The Kier molecular flexibility index (Phi) is 5.95. The lowest BCUT2D eigenvalue weighted by atomic mass is 10.2. The summed E-state index contributed by atoms with van der Waals surface area (Å²) in [4.78, 5) is 29.0. The molecule has 0 saturated carbocycles. The second-order valence-corrected chi connectivity index (χ2v) is 4.25. The summed E-state index contributed by atoms with van der Waals surface area (Å²) < 4.78 is 0. The van der Waals surface area contributed by atoms with E-state index >= 15 is 0 Å². The van der Waals surface area contributed by atoms with Gasteiger partial charge in [-0.15, -0.1) is 0 Å². The minimum absolute atomic E-state index is 0.0408. The fraction of sp³-hybridized carbons (Fsp3) is 0.462. The minimum Gasteiger partial charge on any atom is -0.355 e. The molecule has 6 nitrogen and oxygen atoms in total. The zero-order chi connectivity index (χ0) is 14.3. The highest BCUT2D eigenvalue weighted by atomic mass is 16.2. The molecule has 19 heavy (non-hydrogen) atoms. The number of amides is 2. The molecule has 6 heteroatoms. The number of likely N-dealkylation sites (N-methyl/N-ethyl adjacent to an activating group) is 1. The van der Waals surface area contributed by atoms with Crippen molar-refractivity contribution in [2.45, 2.75) is 19.9 Å². The number of pyridine rings is 1. The van der Waals surface area contributed by atoms with Crippen molar-refractivity contribution in [2.75, 3.05) is 20.1 Å². The van der Waals surface area contributed by atoms with Crippen LogP contribution in [0, 0.1) is 0 Å². The molecule has 0 aliphatic carbocycles. The third-order valence-electron chi connectivity index (χ3n) is 2.57. The van der Waals surface area contributed by atoms with Gasteiger partial charge in [0.15, 0.2) is 0 Å². The molecule has 1 aromatic heterocycles. The normalized spacial score (nSPS) is 10.1. The van der Waals surface area contributed by atoms with Gasteiger partial charge in [0.05, 0.1) is 12.2 Å². The molecule has 0 saturated heterocycles. The summed E-state index contributed by atoms with van der Waals surface area (Å²) in [6.45, 7) is 2.91. The van der Waals surface area contributed by atoms with Crippen LogP contribution in [0.2, 0.25) is 0 Å². The summed E-state index contributed by atoms with van der Waals surface area (Å²) in [5, 5.41) is 2.73. The van der Waals surface area contributed by atoms with Crippen LogP contribution in [0.1, 0.15) is 29.4 Å². The van der Waals surface area contributed by atoms with Crippen molar-refractivity contribution in [3.8, 4) is 0 Å². The average molecular weight is 264 g/mol. The molecule has 3 N–H and O–H groups in total. The second-order valence-electron chi connectivity index (χ2n) is 4.25. The first-order valence-corrected chi connectivity index (χ1v) is 6.25. The summed E-state index contributed by atoms with van der Waals surface area (Å²) >= 11 is 0. The van der Waals surface area contributed by atoms with Crippen molar-refractivity contribution >= 4 is 11.8 Å². The summed E-state index contributed by atoms with van der Waals surface area (Å²) in [5.74, 6) is -0.380. The van der Waals surface area contributed by atoms with Crippen molar-refractivity contribution in [1.82, 2.24) is 15.2 Å². The van der Waals surface area contributed by atoms with Gasteiger partial charge in [0.2, 0.25) is 5.91 Å². The molecule has 0 spiro atoms. The molecule has 0 aliphatic rings. The lowest BCUT2D eigenvalue weighted by Crippen LogP contribution is -2.38. The van der Waals surface area contributed by atoms with E-state index in [1.807, 2.05) is 6.92 Å². The monoisotopic (exact) mass is 264 g/mol. The Labute approximate surface area is 113 Å².